The van der Waals surface area contributed by atoms with Crippen molar-refractivity contribution in [3.05, 3.63) is 65.3 Å². The first-order chi connectivity index (χ1) is 11.0. The van der Waals surface area contributed by atoms with Gasteiger partial charge in [0, 0.05) is 23.7 Å². The number of halogens is 1. The molecule has 3 rings (SSSR count). The van der Waals surface area contributed by atoms with Gasteiger partial charge < -0.3 is 9.84 Å². The third-order valence-electron chi connectivity index (χ3n) is 3.34. The van der Waals surface area contributed by atoms with Crippen LogP contribution in [0, 0.1) is 19.7 Å². The van der Waals surface area contributed by atoms with Gasteiger partial charge in [0.2, 0.25) is 11.7 Å². The maximum absolute atomic E-state index is 13.6. The van der Waals surface area contributed by atoms with Crippen molar-refractivity contribution in [3.63, 3.8) is 0 Å². The molecule has 1 N–H and O–H groups in total. The van der Waals surface area contributed by atoms with Crippen LogP contribution in [0.1, 0.15) is 21.8 Å². The maximum atomic E-state index is 13.6. The highest BCUT2D eigenvalue weighted by Gasteiger charge is 2.10. The van der Waals surface area contributed by atoms with Gasteiger partial charge in [0.25, 0.3) is 5.91 Å². The Balaban J connectivity index is 1.82. The summed E-state index contributed by atoms with van der Waals surface area (Å²) in [6.45, 7) is 3.35. The van der Waals surface area contributed by atoms with E-state index in [2.05, 4.69) is 15.5 Å². The minimum atomic E-state index is -0.409. The molecule has 23 heavy (non-hydrogen) atoms. The Morgan fingerprint density at radius 2 is 2.00 bits per heavy atom. The number of aryl methyl sites for hydroxylation is 2. The lowest BCUT2D eigenvalue weighted by molar-refractivity contribution is 0.102. The molecule has 1 amide bonds. The molecule has 0 radical (unpaired) electrons. The Kier molecular flexibility index (Phi) is 3.89. The highest BCUT2D eigenvalue weighted by molar-refractivity contribution is 6.04. The molecule has 3 aromatic rings. The number of nitrogens with zero attached hydrogens (tertiary/aromatic N) is 2. The van der Waals surface area contributed by atoms with Crippen LogP contribution < -0.4 is 5.32 Å². The molecule has 0 aliphatic heterocycles. The summed E-state index contributed by atoms with van der Waals surface area (Å²) in [5, 5.41) is 6.57. The van der Waals surface area contributed by atoms with Crippen molar-refractivity contribution in [1.29, 1.82) is 0 Å². The van der Waals surface area contributed by atoms with Gasteiger partial charge in [-0.1, -0.05) is 23.4 Å². The number of carbonyl (C=O) groups is 1. The summed E-state index contributed by atoms with van der Waals surface area (Å²) in [5.41, 5.74) is 2.04. The molecule has 6 heteroatoms. The topological polar surface area (TPSA) is 68.0 Å². The fourth-order valence-electron chi connectivity index (χ4n) is 2.09. The average Bonchev–Trinajstić information content (AvgIpc) is 2.97. The number of hydrogen-bond acceptors (Lipinski definition) is 4. The van der Waals surface area contributed by atoms with Crippen LogP contribution in [-0.2, 0) is 0 Å². The zero-order valence-electron chi connectivity index (χ0n) is 12.6. The van der Waals surface area contributed by atoms with Gasteiger partial charge in [-0.15, -0.1) is 0 Å². The van der Waals surface area contributed by atoms with Gasteiger partial charge in [-0.3, -0.25) is 4.79 Å². The summed E-state index contributed by atoms with van der Waals surface area (Å²) in [5.74, 6) is 0.114. The molecule has 116 valence electrons. The van der Waals surface area contributed by atoms with Crippen LogP contribution in [0.3, 0.4) is 0 Å². The molecule has 0 aliphatic carbocycles. The normalized spacial score (nSPS) is 10.6. The minimum absolute atomic E-state index is 0.258. The molecule has 0 fully saturated rings. The molecule has 1 heterocycles. The van der Waals surface area contributed by atoms with Crippen molar-refractivity contribution in [3.8, 4) is 11.4 Å². The van der Waals surface area contributed by atoms with E-state index < -0.39 is 5.82 Å². The SMILES string of the molecule is Cc1nc(-c2cccc(NC(=O)c3ccc(C)c(F)c3)c2)no1. The van der Waals surface area contributed by atoms with E-state index in [4.69, 9.17) is 4.52 Å². The monoisotopic (exact) mass is 311 g/mol. The Morgan fingerprint density at radius 3 is 2.70 bits per heavy atom. The molecular formula is C17H14FN3O2. The number of amides is 1. The molecular weight excluding hydrogens is 297 g/mol. The summed E-state index contributed by atoms with van der Waals surface area (Å²) < 4.78 is 18.5. The minimum Gasteiger partial charge on any atom is -0.339 e. The van der Waals surface area contributed by atoms with Crippen LogP contribution in [0.5, 0.6) is 0 Å². The molecule has 0 atom stereocenters. The predicted molar refractivity (Wildman–Crippen MR) is 83.6 cm³/mol. The van der Waals surface area contributed by atoms with E-state index >= 15 is 0 Å². The molecule has 0 aliphatic rings. The van der Waals surface area contributed by atoms with Crippen LogP contribution in [0.4, 0.5) is 10.1 Å². The summed E-state index contributed by atoms with van der Waals surface area (Å²) >= 11 is 0. The fraction of sp³-hybridized carbons (Fsp3) is 0.118. The average molecular weight is 311 g/mol. The lowest BCUT2D eigenvalue weighted by atomic mass is 10.1. The number of anilines is 1. The Morgan fingerprint density at radius 1 is 1.17 bits per heavy atom. The Labute approximate surface area is 132 Å². The number of rotatable bonds is 3. The van der Waals surface area contributed by atoms with Gasteiger partial charge >= 0.3 is 0 Å². The van der Waals surface area contributed by atoms with E-state index in [1.54, 1.807) is 44.2 Å². The van der Waals surface area contributed by atoms with Gasteiger partial charge in [0.05, 0.1) is 0 Å². The fourth-order valence-corrected chi connectivity index (χ4v) is 2.09. The number of hydrogen-bond donors (Lipinski definition) is 1. The smallest absolute Gasteiger partial charge is 0.255 e. The van der Waals surface area contributed by atoms with Crippen molar-refractivity contribution >= 4 is 11.6 Å². The van der Waals surface area contributed by atoms with E-state index in [9.17, 15) is 9.18 Å². The zero-order valence-corrected chi connectivity index (χ0v) is 12.6. The van der Waals surface area contributed by atoms with Crippen LogP contribution in [0.2, 0.25) is 0 Å². The van der Waals surface area contributed by atoms with Gasteiger partial charge in [-0.25, -0.2) is 4.39 Å². The molecule has 0 spiro atoms. The molecule has 0 saturated heterocycles. The second-order valence-corrected chi connectivity index (χ2v) is 5.14. The number of nitrogens with one attached hydrogen (secondary N) is 1. The van der Waals surface area contributed by atoms with Crippen molar-refractivity contribution in [2.75, 3.05) is 5.32 Å². The molecule has 2 aromatic carbocycles. The van der Waals surface area contributed by atoms with Crippen molar-refractivity contribution in [2.45, 2.75) is 13.8 Å². The summed E-state index contributed by atoms with van der Waals surface area (Å²) in [7, 11) is 0. The summed E-state index contributed by atoms with van der Waals surface area (Å²) in [4.78, 5) is 16.3. The quantitative estimate of drug-likeness (QED) is 0.800. The lowest BCUT2D eigenvalue weighted by Crippen LogP contribution is -2.12. The van der Waals surface area contributed by atoms with Crippen molar-refractivity contribution in [1.82, 2.24) is 10.1 Å². The van der Waals surface area contributed by atoms with Crippen LogP contribution >= 0.6 is 0 Å². The highest BCUT2D eigenvalue weighted by atomic mass is 19.1. The van der Waals surface area contributed by atoms with E-state index in [1.165, 1.54) is 6.07 Å². The predicted octanol–water partition coefficient (Wildman–Crippen LogP) is 3.74. The number of benzene rings is 2. The molecule has 1 aromatic heterocycles. The van der Waals surface area contributed by atoms with E-state index in [0.29, 0.717) is 23.0 Å². The third kappa shape index (κ3) is 3.26. The Bertz CT molecular complexity index is 874. The molecule has 0 unspecified atom stereocenters. The maximum Gasteiger partial charge on any atom is 0.255 e. The van der Waals surface area contributed by atoms with Crippen LogP contribution in [0.25, 0.3) is 11.4 Å². The van der Waals surface area contributed by atoms with Gasteiger partial charge in [0.1, 0.15) is 5.82 Å². The van der Waals surface area contributed by atoms with Gasteiger partial charge in [0.15, 0.2) is 0 Å². The Hall–Kier alpha value is -3.02. The standard InChI is InChI=1S/C17H14FN3O2/c1-10-6-7-13(9-15(10)18)17(22)20-14-5-3-4-12(8-14)16-19-11(2)23-21-16/h3-9H,1-2H3,(H,20,22). The van der Waals surface area contributed by atoms with Gasteiger partial charge in [-0.2, -0.15) is 4.98 Å². The summed E-state index contributed by atoms with van der Waals surface area (Å²) in [6, 6.07) is 11.4. The largest absolute Gasteiger partial charge is 0.339 e. The van der Waals surface area contributed by atoms with Crippen LogP contribution in [0.15, 0.2) is 47.0 Å². The van der Waals surface area contributed by atoms with E-state index in [1.807, 2.05) is 6.07 Å². The van der Waals surface area contributed by atoms with E-state index in [-0.39, 0.29) is 11.5 Å². The van der Waals surface area contributed by atoms with Crippen molar-refractivity contribution in [2.24, 2.45) is 0 Å². The lowest BCUT2D eigenvalue weighted by Gasteiger charge is -2.07. The molecule has 0 saturated carbocycles. The van der Waals surface area contributed by atoms with Gasteiger partial charge in [-0.05, 0) is 36.8 Å². The first-order valence-electron chi connectivity index (χ1n) is 7.01. The summed E-state index contributed by atoms with van der Waals surface area (Å²) in [6.07, 6.45) is 0. The van der Waals surface area contributed by atoms with Crippen LogP contribution in [-0.4, -0.2) is 16.0 Å². The first kappa shape index (κ1) is 14.9. The van der Waals surface area contributed by atoms with E-state index in [0.717, 1.165) is 5.56 Å². The molecule has 5 nitrogen and oxygen atoms in total. The highest BCUT2D eigenvalue weighted by Crippen LogP contribution is 2.20. The first-order valence-corrected chi connectivity index (χ1v) is 7.01. The second-order valence-electron chi connectivity index (χ2n) is 5.14. The van der Waals surface area contributed by atoms with Crippen molar-refractivity contribution < 1.29 is 13.7 Å². The second kappa shape index (κ2) is 6.00. The number of aromatic nitrogens is 2. The molecule has 0 bridgehead atoms. The zero-order chi connectivity index (χ0) is 16.4. The third-order valence-corrected chi connectivity index (χ3v) is 3.34. The number of carbonyl (C=O) groups excluding carboxylic acids is 1.